The van der Waals surface area contributed by atoms with Gasteiger partial charge in [0.15, 0.2) is 0 Å². The zero-order chi connectivity index (χ0) is 25.7. The lowest BCUT2D eigenvalue weighted by Crippen LogP contribution is -2.25. The highest BCUT2D eigenvalue weighted by atomic mass is 16.5. The van der Waals surface area contributed by atoms with E-state index >= 15 is 0 Å². The van der Waals surface area contributed by atoms with Gasteiger partial charge in [-0.2, -0.15) is 0 Å². The van der Waals surface area contributed by atoms with Gasteiger partial charge in [0.25, 0.3) is 0 Å². The van der Waals surface area contributed by atoms with E-state index in [1.54, 1.807) is 7.11 Å². The van der Waals surface area contributed by atoms with Crippen molar-refractivity contribution in [2.45, 2.75) is 149 Å². The second-order valence-electron chi connectivity index (χ2n) is 11.4. The maximum Gasteiger partial charge on any atom is 0.236 e. The van der Waals surface area contributed by atoms with Gasteiger partial charge in [-0.1, -0.05) is 118 Å². The fourth-order valence-electron chi connectivity index (χ4n) is 5.54. The van der Waals surface area contributed by atoms with Crippen LogP contribution in [-0.2, 0) is 10.8 Å². The lowest BCUT2D eigenvalue weighted by molar-refractivity contribution is 0.325. The van der Waals surface area contributed by atoms with Gasteiger partial charge in [0.1, 0.15) is 5.69 Å². The number of hydrogen-bond acceptors (Lipinski definition) is 3. The standard InChI is InChI=1S/C32H54N2O/c1-8-12-16-17-18-24-32(6,23-15-11-4)29-30(35-7)34-28-25-26(19-20-27(28)33-29)31(5,21-13-9-2)22-14-10-3/h19-20,25H,8-18,21-24H2,1-7H3. The van der Waals surface area contributed by atoms with E-state index in [9.17, 15) is 0 Å². The van der Waals surface area contributed by atoms with Gasteiger partial charge in [-0.3, -0.25) is 0 Å². The minimum atomic E-state index is 0.00416. The van der Waals surface area contributed by atoms with E-state index in [2.05, 4.69) is 59.7 Å². The molecule has 0 amide bonds. The Morgan fingerprint density at radius 3 is 1.74 bits per heavy atom. The monoisotopic (exact) mass is 482 g/mol. The Bertz CT molecular complexity index is 869. The minimum Gasteiger partial charge on any atom is -0.480 e. The first-order valence-corrected chi connectivity index (χ1v) is 14.7. The van der Waals surface area contributed by atoms with Crippen molar-refractivity contribution >= 4 is 11.0 Å². The Hall–Kier alpha value is -1.64. The molecule has 1 aromatic heterocycles. The van der Waals surface area contributed by atoms with E-state index < -0.39 is 0 Å². The summed E-state index contributed by atoms with van der Waals surface area (Å²) in [5.74, 6) is 0.727. The van der Waals surface area contributed by atoms with Crippen LogP contribution in [0.15, 0.2) is 18.2 Å². The molecule has 3 heteroatoms. The van der Waals surface area contributed by atoms with E-state index in [4.69, 9.17) is 14.7 Å². The summed E-state index contributed by atoms with van der Waals surface area (Å²) in [6, 6.07) is 6.85. The molecular weight excluding hydrogens is 428 g/mol. The van der Waals surface area contributed by atoms with Crippen LogP contribution in [0, 0.1) is 0 Å². The molecule has 0 bridgehead atoms. The Labute approximate surface area is 216 Å². The topological polar surface area (TPSA) is 35.0 Å². The predicted octanol–water partition coefficient (Wildman–Crippen LogP) is 10.1. The van der Waals surface area contributed by atoms with Crippen LogP contribution in [0.5, 0.6) is 5.88 Å². The van der Waals surface area contributed by atoms with Crippen molar-refractivity contribution in [1.29, 1.82) is 0 Å². The molecule has 0 spiro atoms. The fraction of sp³-hybridized carbons (Fsp3) is 0.750. The van der Waals surface area contributed by atoms with Crippen LogP contribution in [0.2, 0.25) is 0 Å². The zero-order valence-corrected chi connectivity index (χ0v) is 24.1. The number of fused-ring (bicyclic) bond motifs is 1. The third-order valence-electron chi connectivity index (χ3n) is 8.17. The van der Waals surface area contributed by atoms with Crippen LogP contribution in [0.25, 0.3) is 11.0 Å². The van der Waals surface area contributed by atoms with Gasteiger partial charge < -0.3 is 4.74 Å². The summed E-state index contributed by atoms with van der Waals surface area (Å²) in [7, 11) is 1.76. The summed E-state index contributed by atoms with van der Waals surface area (Å²) in [6.45, 7) is 14.0. The number of hydrogen-bond donors (Lipinski definition) is 0. The summed E-state index contributed by atoms with van der Waals surface area (Å²) in [4.78, 5) is 10.3. The van der Waals surface area contributed by atoms with Crippen LogP contribution in [0.1, 0.15) is 149 Å². The van der Waals surface area contributed by atoms with Crippen LogP contribution in [0.4, 0.5) is 0 Å². The van der Waals surface area contributed by atoms with Gasteiger partial charge in [-0.15, -0.1) is 0 Å². The lowest BCUT2D eigenvalue weighted by Gasteiger charge is -2.32. The predicted molar refractivity (Wildman–Crippen MR) is 153 cm³/mol. The van der Waals surface area contributed by atoms with Gasteiger partial charge in [0.2, 0.25) is 5.88 Å². The molecule has 0 aliphatic heterocycles. The molecule has 198 valence electrons. The molecule has 35 heavy (non-hydrogen) atoms. The van der Waals surface area contributed by atoms with E-state index in [0.29, 0.717) is 0 Å². The third-order valence-corrected chi connectivity index (χ3v) is 8.17. The first-order valence-electron chi connectivity index (χ1n) is 14.7. The third kappa shape index (κ3) is 8.19. The average molecular weight is 483 g/mol. The van der Waals surface area contributed by atoms with E-state index in [-0.39, 0.29) is 10.8 Å². The Kier molecular flexibility index (Phi) is 12.5. The second-order valence-corrected chi connectivity index (χ2v) is 11.4. The normalized spacial score (nSPS) is 13.8. The quantitative estimate of drug-likeness (QED) is 0.198. The molecule has 1 atom stereocenters. The van der Waals surface area contributed by atoms with Gasteiger partial charge in [0.05, 0.1) is 18.1 Å². The summed E-state index contributed by atoms with van der Waals surface area (Å²) < 4.78 is 5.91. The van der Waals surface area contributed by atoms with E-state index in [1.807, 2.05) is 0 Å². The molecule has 1 aromatic carbocycles. The van der Waals surface area contributed by atoms with Gasteiger partial charge in [-0.05, 0) is 48.8 Å². The van der Waals surface area contributed by atoms with Crippen LogP contribution in [0.3, 0.4) is 0 Å². The van der Waals surface area contributed by atoms with Crippen molar-refractivity contribution in [3.63, 3.8) is 0 Å². The van der Waals surface area contributed by atoms with Crippen molar-refractivity contribution < 1.29 is 4.74 Å². The molecule has 1 unspecified atom stereocenters. The fourth-order valence-corrected chi connectivity index (χ4v) is 5.54. The highest BCUT2D eigenvalue weighted by Crippen LogP contribution is 2.40. The number of aromatic nitrogens is 2. The number of unbranched alkanes of at least 4 members (excludes halogenated alkanes) is 7. The molecular formula is C32H54N2O. The highest BCUT2D eigenvalue weighted by Gasteiger charge is 2.32. The summed E-state index contributed by atoms with van der Waals surface area (Å²) in [5, 5.41) is 0. The Balaban J connectivity index is 2.44. The molecule has 1 heterocycles. The van der Waals surface area contributed by atoms with Crippen molar-refractivity contribution in [2.24, 2.45) is 0 Å². The van der Waals surface area contributed by atoms with Crippen LogP contribution < -0.4 is 4.74 Å². The number of rotatable bonds is 18. The van der Waals surface area contributed by atoms with Crippen molar-refractivity contribution in [3.8, 4) is 5.88 Å². The first kappa shape index (κ1) is 29.6. The van der Waals surface area contributed by atoms with Crippen molar-refractivity contribution in [3.05, 3.63) is 29.5 Å². The smallest absolute Gasteiger partial charge is 0.236 e. The zero-order valence-electron chi connectivity index (χ0n) is 24.1. The minimum absolute atomic E-state index is 0.00416. The number of nitrogens with zero attached hydrogens (tertiary/aromatic N) is 2. The van der Waals surface area contributed by atoms with Crippen LogP contribution >= 0.6 is 0 Å². The van der Waals surface area contributed by atoms with Crippen molar-refractivity contribution in [1.82, 2.24) is 9.97 Å². The number of methoxy groups -OCH3 is 1. The molecule has 0 N–H and O–H groups in total. The summed E-state index contributed by atoms with van der Waals surface area (Å²) in [6.07, 6.45) is 18.7. The summed E-state index contributed by atoms with van der Waals surface area (Å²) in [5.41, 5.74) is 4.64. The molecule has 2 aromatic rings. The molecule has 2 rings (SSSR count). The molecule has 0 fully saturated rings. The highest BCUT2D eigenvalue weighted by molar-refractivity contribution is 5.76. The van der Waals surface area contributed by atoms with Crippen molar-refractivity contribution in [2.75, 3.05) is 7.11 Å². The van der Waals surface area contributed by atoms with E-state index in [1.165, 1.54) is 89.0 Å². The van der Waals surface area contributed by atoms with Gasteiger partial charge >= 0.3 is 0 Å². The molecule has 0 aliphatic rings. The maximum absolute atomic E-state index is 5.91. The molecule has 0 saturated carbocycles. The van der Waals surface area contributed by atoms with Crippen LogP contribution in [-0.4, -0.2) is 17.1 Å². The average Bonchev–Trinajstić information content (AvgIpc) is 2.88. The molecule has 0 saturated heterocycles. The second kappa shape index (κ2) is 14.8. The largest absolute Gasteiger partial charge is 0.480 e. The number of benzene rings is 1. The number of ether oxygens (including phenoxy) is 1. The van der Waals surface area contributed by atoms with E-state index in [0.717, 1.165) is 35.4 Å². The molecule has 0 radical (unpaired) electrons. The van der Waals surface area contributed by atoms with Gasteiger partial charge in [-0.25, -0.2) is 9.97 Å². The summed E-state index contributed by atoms with van der Waals surface area (Å²) >= 11 is 0. The Morgan fingerprint density at radius 2 is 1.17 bits per heavy atom. The lowest BCUT2D eigenvalue weighted by atomic mass is 9.74. The first-order chi connectivity index (χ1) is 16.9. The molecule has 0 aliphatic carbocycles. The van der Waals surface area contributed by atoms with Gasteiger partial charge in [0, 0.05) is 5.41 Å². The Morgan fingerprint density at radius 1 is 0.629 bits per heavy atom. The maximum atomic E-state index is 5.91. The molecule has 3 nitrogen and oxygen atoms in total. The SMILES string of the molecule is CCCCCCCC(C)(CCCC)c1nc2ccc(C(C)(CCCC)CCCC)cc2nc1OC.